The summed E-state index contributed by atoms with van der Waals surface area (Å²) < 4.78 is 12.0. The Labute approximate surface area is 107 Å². The summed E-state index contributed by atoms with van der Waals surface area (Å²) in [5.41, 5.74) is 7.19. The summed E-state index contributed by atoms with van der Waals surface area (Å²) in [4.78, 5) is 0.890. The summed E-state index contributed by atoms with van der Waals surface area (Å²) in [6.45, 7) is 6.41. The first-order valence-corrected chi connectivity index (χ1v) is 7.60. The van der Waals surface area contributed by atoms with Crippen LogP contribution in [0.4, 0.5) is 0 Å². The van der Waals surface area contributed by atoms with Gasteiger partial charge in [0.25, 0.3) is 0 Å². The molecule has 0 aliphatic carbocycles. The van der Waals surface area contributed by atoms with Crippen molar-refractivity contribution >= 4 is 10.8 Å². The van der Waals surface area contributed by atoms with Crippen molar-refractivity contribution in [2.24, 2.45) is 5.73 Å². The van der Waals surface area contributed by atoms with Crippen LogP contribution >= 0.6 is 0 Å². The third-order valence-corrected chi connectivity index (χ3v) is 4.36. The summed E-state index contributed by atoms with van der Waals surface area (Å²) in [7, 11) is -0.961. The highest BCUT2D eigenvalue weighted by Gasteiger charge is 2.09. The van der Waals surface area contributed by atoms with Crippen molar-refractivity contribution in [3.63, 3.8) is 0 Å². The third-order valence-electron chi connectivity index (χ3n) is 2.83. The van der Waals surface area contributed by atoms with Crippen molar-refractivity contribution in [3.8, 4) is 0 Å². The molecule has 0 bridgehead atoms. The molecule has 2 atom stereocenters. The molecule has 0 fully saturated rings. The van der Waals surface area contributed by atoms with Gasteiger partial charge in [0.15, 0.2) is 0 Å². The Kier molecular flexibility index (Phi) is 5.86. The number of hydrogen-bond donors (Lipinski definition) is 1. The van der Waals surface area contributed by atoms with Crippen molar-refractivity contribution in [1.82, 2.24) is 0 Å². The van der Waals surface area contributed by atoms with Crippen molar-refractivity contribution in [3.05, 3.63) is 29.8 Å². The highest BCUT2D eigenvalue weighted by atomic mass is 32.2. The standard InChI is InChI=1S/C14H23NOS/c1-4-5-13(15)10-17(16)14-8-6-12(7-9-14)11(2)3/h6-9,11,13H,4-5,10,15H2,1-3H3. The Balaban J connectivity index is 2.63. The first-order valence-electron chi connectivity index (χ1n) is 6.28. The first-order chi connectivity index (χ1) is 8.04. The lowest BCUT2D eigenvalue weighted by molar-refractivity contribution is 0.638. The van der Waals surface area contributed by atoms with Gasteiger partial charge < -0.3 is 5.73 Å². The molecule has 0 aliphatic heterocycles. The Morgan fingerprint density at radius 2 is 1.82 bits per heavy atom. The number of benzene rings is 1. The van der Waals surface area contributed by atoms with E-state index in [1.54, 1.807) is 0 Å². The second-order valence-electron chi connectivity index (χ2n) is 4.78. The molecule has 96 valence electrons. The van der Waals surface area contributed by atoms with E-state index in [4.69, 9.17) is 5.73 Å². The van der Waals surface area contributed by atoms with E-state index in [9.17, 15) is 4.21 Å². The molecule has 0 spiro atoms. The van der Waals surface area contributed by atoms with Gasteiger partial charge in [0.05, 0.1) is 10.8 Å². The molecule has 2 N–H and O–H groups in total. The third kappa shape index (κ3) is 4.60. The molecule has 2 nitrogen and oxygen atoms in total. The lowest BCUT2D eigenvalue weighted by atomic mass is 10.0. The van der Waals surface area contributed by atoms with E-state index in [1.165, 1.54) is 5.56 Å². The molecule has 2 unspecified atom stereocenters. The summed E-state index contributed by atoms with van der Waals surface area (Å²) in [6.07, 6.45) is 1.99. The zero-order chi connectivity index (χ0) is 12.8. The van der Waals surface area contributed by atoms with Crippen molar-refractivity contribution in [2.45, 2.75) is 50.5 Å². The molecular formula is C14H23NOS. The van der Waals surface area contributed by atoms with Crippen LogP contribution < -0.4 is 5.73 Å². The maximum atomic E-state index is 12.0. The van der Waals surface area contributed by atoms with E-state index in [0.29, 0.717) is 11.7 Å². The van der Waals surface area contributed by atoms with Crippen LogP contribution in [0.3, 0.4) is 0 Å². The molecule has 0 aromatic heterocycles. The molecule has 1 aromatic carbocycles. The molecule has 3 heteroatoms. The second kappa shape index (κ2) is 6.92. The Hall–Kier alpha value is -0.670. The molecule has 0 saturated heterocycles. The summed E-state index contributed by atoms with van der Waals surface area (Å²) in [6, 6.07) is 8.09. The fourth-order valence-corrected chi connectivity index (χ4v) is 2.94. The van der Waals surface area contributed by atoms with Gasteiger partial charge in [-0.3, -0.25) is 4.21 Å². The molecule has 0 amide bonds. The summed E-state index contributed by atoms with van der Waals surface area (Å²) in [5, 5.41) is 0. The first kappa shape index (κ1) is 14.4. The lowest BCUT2D eigenvalue weighted by Gasteiger charge is -2.11. The highest BCUT2D eigenvalue weighted by Crippen LogP contribution is 2.17. The average molecular weight is 253 g/mol. The van der Waals surface area contributed by atoms with Gasteiger partial charge in [-0.25, -0.2) is 0 Å². The van der Waals surface area contributed by atoms with Gasteiger partial charge >= 0.3 is 0 Å². The van der Waals surface area contributed by atoms with E-state index < -0.39 is 10.8 Å². The van der Waals surface area contributed by atoms with Crippen molar-refractivity contribution < 1.29 is 4.21 Å². The van der Waals surface area contributed by atoms with Gasteiger partial charge in [0.1, 0.15) is 0 Å². The predicted octanol–water partition coefficient (Wildman–Crippen LogP) is 3.05. The minimum absolute atomic E-state index is 0.0469. The maximum absolute atomic E-state index is 12.0. The number of hydrogen-bond acceptors (Lipinski definition) is 2. The van der Waals surface area contributed by atoms with Crippen LogP contribution in [0.1, 0.15) is 45.1 Å². The van der Waals surface area contributed by atoms with E-state index in [0.717, 1.165) is 17.7 Å². The van der Waals surface area contributed by atoms with Crippen LogP contribution in [0.5, 0.6) is 0 Å². The zero-order valence-corrected chi connectivity index (χ0v) is 11.8. The van der Waals surface area contributed by atoms with Gasteiger partial charge in [-0.1, -0.05) is 39.3 Å². The van der Waals surface area contributed by atoms with Crippen molar-refractivity contribution in [1.29, 1.82) is 0 Å². The summed E-state index contributed by atoms with van der Waals surface area (Å²) >= 11 is 0. The van der Waals surface area contributed by atoms with E-state index in [1.807, 2.05) is 12.1 Å². The maximum Gasteiger partial charge on any atom is 0.0545 e. The van der Waals surface area contributed by atoms with Crippen LogP contribution in [0.25, 0.3) is 0 Å². The Morgan fingerprint density at radius 1 is 1.24 bits per heavy atom. The second-order valence-corrected chi connectivity index (χ2v) is 6.28. The minimum Gasteiger partial charge on any atom is -0.327 e. The predicted molar refractivity (Wildman–Crippen MR) is 74.7 cm³/mol. The van der Waals surface area contributed by atoms with Crippen molar-refractivity contribution in [2.75, 3.05) is 5.75 Å². The molecule has 1 aromatic rings. The van der Waals surface area contributed by atoms with Crippen LogP contribution in [-0.2, 0) is 10.8 Å². The smallest absolute Gasteiger partial charge is 0.0545 e. The van der Waals surface area contributed by atoms with Gasteiger partial charge in [0.2, 0.25) is 0 Å². The fraction of sp³-hybridized carbons (Fsp3) is 0.571. The average Bonchev–Trinajstić information content (AvgIpc) is 2.29. The Bertz CT molecular complexity index is 359. The van der Waals surface area contributed by atoms with Crippen LogP contribution in [-0.4, -0.2) is 16.0 Å². The lowest BCUT2D eigenvalue weighted by Crippen LogP contribution is -2.26. The van der Waals surface area contributed by atoms with Gasteiger partial charge in [-0.2, -0.15) is 0 Å². The Morgan fingerprint density at radius 3 is 2.29 bits per heavy atom. The summed E-state index contributed by atoms with van der Waals surface area (Å²) in [5.74, 6) is 1.08. The van der Waals surface area contributed by atoms with Crippen LogP contribution in [0.2, 0.25) is 0 Å². The molecule has 17 heavy (non-hydrogen) atoms. The number of rotatable bonds is 6. The molecule has 0 aliphatic rings. The van der Waals surface area contributed by atoms with Gasteiger partial charge in [0, 0.05) is 16.7 Å². The van der Waals surface area contributed by atoms with E-state index in [2.05, 4.69) is 32.9 Å². The monoisotopic (exact) mass is 253 g/mol. The van der Waals surface area contributed by atoms with Crippen LogP contribution in [0, 0.1) is 0 Å². The van der Waals surface area contributed by atoms with Gasteiger partial charge in [-0.05, 0) is 30.0 Å². The quantitative estimate of drug-likeness (QED) is 0.846. The zero-order valence-electron chi connectivity index (χ0n) is 11.0. The SMILES string of the molecule is CCCC(N)CS(=O)c1ccc(C(C)C)cc1. The normalized spacial score (nSPS) is 14.9. The largest absolute Gasteiger partial charge is 0.327 e. The van der Waals surface area contributed by atoms with Crippen LogP contribution in [0.15, 0.2) is 29.2 Å². The number of nitrogens with two attached hydrogens (primary N) is 1. The highest BCUT2D eigenvalue weighted by molar-refractivity contribution is 7.85. The van der Waals surface area contributed by atoms with E-state index >= 15 is 0 Å². The topological polar surface area (TPSA) is 43.1 Å². The molecular weight excluding hydrogens is 230 g/mol. The molecule has 0 radical (unpaired) electrons. The molecule has 0 heterocycles. The minimum atomic E-state index is -0.961. The van der Waals surface area contributed by atoms with Gasteiger partial charge in [-0.15, -0.1) is 0 Å². The molecule has 1 rings (SSSR count). The van der Waals surface area contributed by atoms with E-state index in [-0.39, 0.29) is 6.04 Å². The molecule has 0 saturated carbocycles. The fourth-order valence-electron chi connectivity index (χ4n) is 1.75.